The fourth-order valence-corrected chi connectivity index (χ4v) is 2.58. The van der Waals surface area contributed by atoms with Crippen LogP contribution in [0.15, 0.2) is 48.5 Å². The summed E-state index contributed by atoms with van der Waals surface area (Å²) >= 11 is 5.90. The van der Waals surface area contributed by atoms with Crippen molar-refractivity contribution < 1.29 is 18.7 Å². The molecule has 7 heteroatoms. The lowest BCUT2D eigenvalue weighted by molar-refractivity contribution is -0.142. The molecular formula is C20H22ClFN2O3. The summed E-state index contributed by atoms with van der Waals surface area (Å²) in [6.45, 7) is 3.92. The Kier molecular flexibility index (Phi) is 7.61. The predicted octanol–water partition coefficient (Wildman–Crippen LogP) is 3.41. The summed E-state index contributed by atoms with van der Waals surface area (Å²) in [7, 11) is 0. The highest BCUT2D eigenvalue weighted by atomic mass is 35.5. The van der Waals surface area contributed by atoms with E-state index in [-0.39, 0.29) is 30.8 Å². The van der Waals surface area contributed by atoms with Crippen LogP contribution in [0, 0.1) is 5.82 Å². The molecule has 0 radical (unpaired) electrons. The number of nitrogens with one attached hydrogen (secondary N) is 1. The van der Waals surface area contributed by atoms with Crippen LogP contribution in [0.25, 0.3) is 0 Å². The summed E-state index contributed by atoms with van der Waals surface area (Å²) in [6.07, 6.45) is 0. The number of carbonyl (C=O) groups is 2. The molecule has 0 aromatic heterocycles. The minimum Gasteiger partial charge on any atom is -0.484 e. The molecule has 1 unspecified atom stereocenters. The first kappa shape index (κ1) is 20.7. The van der Waals surface area contributed by atoms with Gasteiger partial charge in [-0.25, -0.2) is 4.39 Å². The molecule has 5 nitrogen and oxygen atoms in total. The van der Waals surface area contributed by atoms with E-state index in [1.807, 2.05) is 6.92 Å². The van der Waals surface area contributed by atoms with Crippen LogP contribution in [0.3, 0.4) is 0 Å². The first-order valence-electron chi connectivity index (χ1n) is 8.60. The highest BCUT2D eigenvalue weighted by Gasteiger charge is 2.26. The molecule has 0 saturated carbocycles. The molecule has 27 heavy (non-hydrogen) atoms. The first-order chi connectivity index (χ1) is 12.9. The lowest BCUT2D eigenvalue weighted by Gasteiger charge is -2.28. The number of carbonyl (C=O) groups excluding carboxylic acids is 2. The quantitative estimate of drug-likeness (QED) is 0.749. The van der Waals surface area contributed by atoms with Gasteiger partial charge in [-0.1, -0.05) is 23.7 Å². The Labute approximate surface area is 163 Å². The van der Waals surface area contributed by atoms with Gasteiger partial charge in [0.05, 0.1) is 0 Å². The number of amides is 2. The van der Waals surface area contributed by atoms with E-state index < -0.39 is 6.04 Å². The van der Waals surface area contributed by atoms with Crippen molar-refractivity contribution in [2.24, 2.45) is 0 Å². The third kappa shape index (κ3) is 6.25. The van der Waals surface area contributed by atoms with Crippen molar-refractivity contribution in [1.29, 1.82) is 0 Å². The van der Waals surface area contributed by atoms with Crippen LogP contribution in [0.2, 0.25) is 5.02 Å². The van der Waals surface area contributed by atoms with Crippen molar-refractivity contribution in [1.82, 2.24) is 10.2 Å². The number of likely N-dealkylation sites (N-methyl/N-ethyl adjacent to an activating group) is 1. The fraction of sp³-hybridized carbons (Fsp3) is 0.300. The average molecular weight is 393 g/mol. The monoisotopic (exact) mass is 392 g/mol. The van der Waals surface area contributed by atoms with Gasteiger partial charge in [0.2, 0.25) is 5.91 Å². The molecule has 2 aromatic rings. The van der Waals surface area contributed by atoms with Gasteiger partial charge in [-0.15, -0.1) is 0 Å². The van der Waals surface area contributed by atoms with Gasteiger partial charge < -0.3 is 15.0 Å². The van der Waals surface area contributed by atoms with Crippen molar-refractivity contribution in [3.8, 4) is 5.75 Å². The third-order valence-electron chi connectivity index (χ3n) is 3.96. The zero-order valence-electron chi connectivity index (χ0n) is 15.2. The van der Waals surface area contributed by atoms with Gasteiger partial charge in [0.15, 0.2) is 6.61 Å². The summed E-state index contributed by atoms with van der Waals surface area (Å²) in [6, 6.07) is 11.8. The minimum atomic E-state index is -0.676. The molecular weight excluding hydrogens is 371 g/mol. The normalized spacial score (nSPS) is 11.6. The summed E-state index contributed by atoms with van der Waals surface area (Å²) in [4.78, 5) is 26.4. The van der Waals surface area contributed by atoms with Crippen LogP contribution in [-0.4, -0.2) is 35.9 Å². The maximum absolute atomic E-state index is 13.0. The number of hydrogen-bond donors (Lipinski definition) is 1. The van der Waals surface area contributed by atoms with Gasteiger partial charge >= 0.3 is 0 Å². The lowest BCUT2D eigenvalue weighted by atomic mass is 10.1. The predicted molar refractivity (Wildman–Crippen MR) is 102 cm³/mol. The number of benzene rings is 2. The number of nitrogens with zero attached hydrogens (tertiary/aromatic N) is 1. The first-order valence-corrected chi connectivity index (χ1v) is 8.98. The number of halogens is 2. The van der Waals surface area contributed by atoms with E-state index in [0.717, 1.165) is 5.56 Å². The summed E-state index contributed by atoms with van der Waals surface area (Å²) < 4.78 is 18.4. The SMILES string of the molecule is CCNC(=O)C(C)N(Cc1ccc(Cl)cc1)C(=O)COc1ccc(F)cc1. The number of hydrogen-bond acceptors (Lipinski definition) is 3. The lowest BCUT2D eigenvalue weighted by Crippen LogP contribution is -2.49. The van der Waals surface area contributed by atoms with Crippen molar-refractivity contribution in [2.45, 2.75) is 26.4 Å². The van der Waals surface area contributed by atoms with E-state index in [2.05, 4.69) is 5.32 Å². The van der Waals surface area contributed by atoms with E-state index in [1.165, 1.54) is 29.2 Å². The molecule has 0 aliphatic rings. The highest BCUT2D eigenvalue weighted by Crippen LogP contribution is 2.15. The van der Waals surface area contributed by atoms with Crippen LogP contribution >= 0.6 is 11.6 Å². The average Bonchev–Trinajstić information content (AvgIpc) is 2.66. The van der Waals surface area contributed by atoms with Gasteiger partial charge in [-0.2, -0.15) is 0 Å². The number of ether oxygens (including phenoxy) is 1. The van der Waals surface area contributed by atoms with Gasteiger partial charge in [-0.3, -0.25) is 9.59 Å². The van der Waals surface area contributed by atoms with Crippen LogP contribution in [0.5, 0.6) is 5.75 Å². The second kappa shape index (κ2) is 9.92. The molecule has 2 amide bonds. The van der Waals surface area contributed by atoms with Gasteiger partial charge in [0.25, 0.3) is 5.91 Å². The zero-order valence-corrected chi connectivity index (χ0v) is 16.0. The molecule has 0 spiro atoms. The summed E-state index contributed by atoms with van der Waals surface area (Å²) in [5.41, 5.74) is 0.839. The molecule has 0 aliphatic heterocycles. The smallest absolute Gasteiger partial charge is 0.261 e. The second-order valence-electron chi connectivity index (χ2n) is 5.96. The molecule has 2 rings (SSSR count). The van der Waals surface area contributed by atoms with Gasteiger partial charge in [0, 0.05) is 18.1 Å². The molecule has 0 aliphatic carbocycles. The van der Waals surface area contributed by atoms with Crippen LogP contribution in [-0.2, 0) is 16.1 Å². The van der Waals surface area contributed by atoms with Crippen LogP contribution in [0.1, 0.15) is 19.4 Å². The maximum Gasteiger partial charge on any atom is 0.261 e. The molecule has 0 fully saturated rings. The largest absolute Gasteiger partial charge is 0.484 e. The Morgan fingerprint density at radius 1 is 1.15 bits per heavy atom. The minimum absolute atomic E-state index is 0.237. The number of rotatable bonds is 8. The van der Waals surface area contributed by atoms with Gasteiger partial charge in [0.1, 0.15) is 17.6 Å². The maximum atomic E-state index is 13.0. The molecule has 2 aromatic carbocycles. The van der Waals surface area contributed by atoms with Gasteiger partial charge in [-0.05, 0) is 55.8 Å². The van der Waals surface area contributed by atoms with Crippen molar-refractivity contribution in [3.63, 3.8) is 0 Å². The molecule has 1 atom stereocenters. The van der Waals surface area contributed by atoms with Crippen LogP contribution in [0.4, 0.5) is 4.39 Å². The highest BCUT2D eigenvalue weighted by molar-refractivity contribution is 6.30. The Hall–Kier alpha value is -2.60. The summed E-state index contributed by atoms with van der Waals surface area (Å²) in [5.74, 6) is -0.612. The third-order valence-corrected chi connectivity index (χ3v) is 4.21. The standard InChI is InChI=1S/C20H22ClFN2O3/c1-3-23-20(26)14(2)24(12-15-4-6-16(21)7-5-15)19(25)13-27-18-10-8-17(22)9-11-18/h4-11,14H,3,12-13H2,1-2H3,(H,23,26). The molecule has 0 heterocycles. The van der Waals surface area contributed by atoms with Crippen molar-refractivity contribution >= 4 is 23.4 Å². The van der Waals surface area contributed by atoms with Crippen LogP contribution < -0.4 is 10.1 Å². The van der Waals surface area contributed by atoms with E-state index in [9.17, 15) is 14.0 Å². The summed E-state index contributed by atoms with van der Waals surface area (Å²) in [5, 5.41) is 3.31. The Balaban J connectivity index is 2.11. The van der Waals surface area contributed by atoms with E-state index >= 15 is 0 Å². The molecule has 0 saturated heterocycles. The topological polar surface area (TPSA) is 58.6 Å². The van der Waals surface area contributed by atoms with Crippen molar-refractivity contribution in [2.75, 3.05) is 13.2 Å². The Morgan fingerprint density at radius 3 is 2.37 bits per heavy atom. The zero-order chi connectivity index (χ0) is 19.8. The molecule has 1 N–H and O–H groups in total. The molecule has 144 valence electrons. The second-order valence-corrected chi connectivity index (χ2v) is 6.40. The fourth-order valence-electron chi connectivity index (χ4n) is 2.45. The van der Waals surface area contributed by atoms with E-state index in [0.29, 0.717) is 17.3 Å². The van der Waals surface area contributed by atoms with E-state index in [4.69, 9.17) is 16.3 Å². The van der Waals surface area contributed by atoms with E-state index in [1.54, 1.807) is 31.2 Å². The molecule has 0 bridgehead atoms. The van der Waals surface area contributed by atoms with Crippen molar-refractivity contribution in [3.05, 3.63) is 64.9 Å². The Morgan fingerprint density at radius 2 is 1.78 bits per heavy atom. The Bertz CT molecular complexity index is 766.